The summed E-state index contributed by atoms with van der Waals surface area (Å²) < 4.78 is 7.18. The van der Waals surface area contributed by atoms with Crippen LogP contribution in [0.2, 0.25) is 5.02 Å². The van der Waals surface area contributed by atoms with Crippen molar-refractivity contribution in [1.82, 2.24) is 0 Å². The van der Waals surface area contributed by atoms with Gasteiger partial charge in [-0.05, 0) is 52.3 Å². The summed E-state index contributed by atoms with van der Waals surface area (Å²) in [5.41, 5.74) is 6.89. The second-order valence-corrected chi connectivity index (χ2v) is 6.67. The number of carbonyl (C=O) groups is 1. The van der Waals surface area contributed by atoms with Crippen molar-refractivity contribution in [3.63, 3.8) is 0 Å². The molecule has 0 saturated heterocycles. The molecule has 0 fully saturated rings. The molecule has 0 bridgehead atoms. The Kier molecular flexibility index (Phi) is 6.11. The summed E-state index contributed by atoms with van der Waals surface area (Å²) in [5.74, 6) is 0.0965. The Labute approximate surface area is 150 Å². The standard InChI is InChI=1S/C15H13Br2ClN2O2/c16-10-1-4-14(22-8-15(19)21)9(5-10)7-20-11-2-3-12(17)13(18)6-11/h1-6,20H,7-8H2,(H2,19,21). The van der Waals surface area contributed by atoms with E-state index in [9.17, 15) is 4.79 Å². The van der Waals surface area contributed by atoms with E-state index in [2.05, 4.69) is 37.2 Å². The molecule has 0 heterocycles. The maximum Gasteiger partial charge on any atom is 0.255 e. The maximum absolute atomic E-state index is 10.9. The second kappa shape index (κ2) is 7.85. The monoisotopic (exact) mass is 446 g/mol. The predicted octanol–water partition coefficient (Wildman–Crippen LogP) is 4.34. The lowest BCUT2D eigenvalue weighted by atomic mass is 10.2. The van der Waals surface area contributed by atoms with E-state index in [1.807, 2.05) is 30.3 Å². The van der Waals surface area contributed by atoms with Gasteiger partial charge in [0.1, 0.15) is 5.75 Å². The first-order valence-corrected chi connectivity index (χ1v) is 8.30. The highest BCUT2D eigenvalue weighted by molar-refractivity contribution is 9.10. The van der Waals surface area contributed by atoms with Crippen LogP contribution in [0.15, 0.2) is 45.3 Å². The Morgan fingerprint density at radius 3 is 2.68 bits per heavy atom. The summed E-state index contributed by atoms with van der Waals surface area (Å²) in [6.07, 6.45) is 0. The first kappa shape index (κ1) is 17.1. The van der Waals surface area contributed by atoms with Crippen molar-refractivity contribution >= 4 is 55.1 Å². The molecule has 116 valence electrons. The number of carbonyl (C=O) groups excluding carboxylic acids is 1. The molecule has 0 aliphatic heterocycles. The van der Waals surface area contributed by atoms with Gasteiger partial charge in [-0.3, -0.25) is 4.79 Å². The van der Waals surface area contributed by atoms with E-state index < -0.39 is 5.91 Å². The minimum atomic E-state index is -0.512. The van der Waals surface area contributed by atoms with Crippen molar-refractivity contribution in [1.29, 1.82) is 0 Å². The van der Waals surface area contributed by atoms with Crippen molar-refractivity contribution < 1.29 is 9.53 Å². The number of anilines is 1. The maximum atomic E-state index is 10.9. The Morgan fingerprint density at radius 2 is 2.00 bits per heavy atom. The fourth-order valence-corrected chi connectivity index (χ4v) is 2.61. The van der Waals surface area contributed by atoms with Crippen LogP contribution >= 0.6 is 43.5 Å². The average Bonchev–Trinajstić information content (AvgIpc) is 2.47. The molecule has 4 nitrogen and oxygen atoms in total. The lowest BCUT2D eigenvalue weighted by molar-refractivity contribution is -0.119. The smallest absolute Gasteiger partial charge is 0.255 e. The largest absolute Gasteiger partial charge is 0.483 e. The number of benzene rings is 2. The van der Waals surface area contributed by atoms with Gasteiger partial charge >= 0.3 is 0 Å². The Bertz CT molecular complexity index is 695. The van der Waals surface area contributed by atoms with Gasteiger partial charge in [-0.25, -0.2) is 0 Å². The molecule has 2 aromatic rings. The highest BCUT2D eigenvalue weighted by Gasteiger charge is 2.07. The minimum absolute atomic E-state index is 0.154. The van der Waals surface area contributed by atoms with E-state index in [-0.39, 0.29) is 6.61 Å². The van der Waals surface area contributed by atoms with E-state index in [1.165, 1.54) is 0 Å². The second-order valence-electron chi connectivity index (χ2n) is 4.49. The summed E-state index contributed by atoms with van der Waals surface area (Å²) in [5, 5.41) is 3.89. The van der Waals surface area contributed by atoms with E-state index in [4.69, 9.17) is 22.1 Å². The molecule has 7 heteroatoms. The number of ether oxygens (including phenoxy) is 1. The molecule has 0 aliphatic rings. The number of halogens is 3. The van der Waals surface area contributed by atoms with E-state index in [1.54, 1.807) is 6.07 Å². The lowest BCUT2D eigenvalue weighted by Gasteiger charge is -2.13. The van der Waals surface area contributed by atoms with Gasteiger partial charge in [0.2, 0.25) is 0 Å². The molecule has 2 rings (SSSR count). The highest BCUT2D eigenvalue weighted by Crippen LogP contribution is 2.27. The highest BCUT2D eigenvalue weighted by atomic mass is 79.9. The zero-order chi connectivity index (χ0) is 16.1. The molecule has 0 aromatic heterocycles. The summed E-state index contributed by atoms with van der Waals surface area (Å²) in [6, 6.07) is 11.2. The molecule has 0 saturated carbocycles. The Hall–Kier alpha value is -1.24. The van der Waals surface area contributed by atoms with Crippen LogP contribution in [0.3, 0.4) is 0 Å². The van der Waals surface area contributed by atoms with E-state index >= 15 is 0 Å². The third kappa shape index (κ3) is 4.90. The number of hydrogen-bond acceptors (Lipinski definition) is 3. The normalized spacial score (nSPS) is 10.3. The van der Waals surface area contributed by atoms with E-state index in [0.717, 1.165) is 20.2 Å². The van der Waals surface area contributed by atoms with Crippen LogP contribution in [-0.4, -0.2) is 12.5 Å². The van der Waals surface area contributed by atoms with Gasteiger partial charge in [0.15, 0.2) is 6.61 Å². The molecule has 0 unspecified atom stereocenters. The number of primary amides is 1. The van der Waals surface area contributed by atoms with Crippen molar-refractivity contribution in [2.75, 3.05) is 11.9 Å². The molecular weight excluding hydrogens is 435 g/mol. The molecule has 0 atom stereocenters. The van der Waals surface area contributed by atoms with Crippen molar-refractivity contribution in [2.45, 2.75) is 6.54 Å². The Balaban J connectivity index is 2.11. The molecule has 22 heavy (non-hydrogen) atoms. The van der Waals surface area contributed by atoms with Crippen LogP contribution in [0.1, 0.15) is 5.56 Å². The number of nitrogens with one attached hydrogen (secondary N) is 1. The average molecular weight is 449 g/mol. The first-order chi connectivity index (χ1) is 10.5. The summed E-state index contributed by atoms with van der Waals surface area (Å²) in [6.45, 7) is 0.365. The fraction of sp³-hybridized carbons (Fsp3) is 0.133. The zero-order valence-corrected chi connectivity index (χ0v) is 15.3. The fourth-order valence-electron chi connectivity index (χ4n) is 1.78. The van der Waals surface area contributed by atoms with Crippen LogP contribution < -0.4 is 15.8 Å². The quantitative estimate of drug-likeness (QED) is 0.691. The van der Waals surface area contributed by atoms with Crippen LogP contribution in [0.5, 0.6) is 5.75 Å². The van der Waals surface area contributed by atoms with Gasteiger partial charge in [0.25, 0.3) is 5.91 Å². The topological polar surface area (TPSA) is 64.4 Å². The summed E-state index contributed by atoms with van der Waals surface area (Å²) in [4.78, 5) is 10.9. The van der Waals surface area contributed by atoms with Gasteiger partial charge in [-0.1, -0.05) is 27.5 Å². The lowest BCUT2D eigenvalue weighted by Crippen LogP contribution is -2.20. The number of hydrogen-bond donors (Lipinski definition) is 2. The first-order valence-electron chi connectivity index (χ1n) is 6.34. The van der Waals surface area contributed by atoms with Gasteiger partial charge < -0.3 is 15.8 Å². The van der Waals surface area contributed by atoms with Crippen molar-refractivity contribution in [2.24, 2.45) is 5.73 Å². The Morgan fingerprint density at radius 1 is 1.23 bits per heavy atom. The van der Waals surface area contributed by atoms with Crippen LogP contribution in [-0.2, 0) is 11.3 Å². The molecule has 3 N–H and O–H groups in total. The van der Waals surface area contributed by atoms with Gasteiger partial charge in [0, 0.05) is 26.7 Å². The van der Waals surface area contributed by atoms with Crippen LogP contribution in [0.25, 0.3) is 0 Å². The van der Waals surface area contributed by atoms with Crippen LogP contribution in [0, 0.1) is 0 Å². The summed E-state index contributed by atoms with van der Waals surface area (Å²) in [7, 11) is 0. The van der Waals surface area contributed by atoms with Crippen molar-refractivity contribution in [3.05, 3.63) is 55.9 Å². The summed E-state index contributed by atoms with van der Waals surface area (Å²) >= 11 is 12.8. The third-order valence-electron chi connectivity index (χ3n) is 2.80. The van der Waals surface area contributed by atoms with Gasteiger partial charge in [-0.2, -0.15) is 0 Å². The molecule has 0 spiro atoms. The predicted molar refractivity (Wildman–Crippen MR) is 95.3 cm³/mol. The molecule has 0 aliphatic carbocycles. The zero-order valence-electron chi connectivity index (χ0n) is 11.4. The molecule has 2 aromatic carbocycles. The van der Waals surface area contributed by atoms with E-state index in [0.29, 0.717) is 17.3 Å². The molecular formula is C15H13Br2ClN2O2. The molecule has 1 amide bonds. The molecule has 0 radical (unpaired) electrons. The SMILES string of the molecule is NC(=O)COc1ccc(Br)cc1CNc1ccc(Br)c(Cl)c1. The number of nitrogens with two attached hydrogens (primary N) is 1. The third-order valence-corrected chi connectivity index (χ3v) is 4.52. The number of amides is 1. The van der Waals surface area contributed by atoms with Gasteiger partial charge in [-0.15, -0.1) is 0 Å². The number of rotatable bonds is 6. The van der Waals surface area contributed by atoms with Crippen molar-refractivity contribution in [3.8, 4) is 5.75 Å². The van der Waals surface area contributed by atoms with Crippen LogP contribution in [0.4, 0.5) is 5.69 Å². The van der Waals surface area contributed by atoms with Gasteiger partial charge in [0.05, 0.1) is 5.02 Å². The minimum Gasteiger partial charge on any atom is -0.483 e.